The van der Waals surface area contributed by atoms with Crippen LogP contribution in [0.5, 0.6) is 0 Å². The monoisotopic (exact) mass is 277 g/mol. The Labute approximate surface area is 118 Å². The second-order valence-corrected chi connectivity index (χ2v) is 5.71. The Morgan fingerprint density at radius 2 is 2.15 bits per heavy atom. The number of benzene rings is 1. The highest BCUT2D eigenvalue weighted by molar-refractivity contribution is 5.92. The van der Waals surface area contributed by atoms with E-state index >= 15 is 0 Å². The van der Waals surface area contributed by atoms with Crippen molar-refractivity contribution in [2.75, 3.05) is 31.5 Å². The Morgan fingerprint density at radius 3 is 2.90 bits per heavy atom. The maximum atomic E-state index is 12.8. The van der Waals surface area contributed by atoms with Crippen LogP contribution in [0, 0.1) is 11.7 Å². The smallest absolute Gasteiger partial charge is 0.238 e. The molecule has 20 heavy (non-hydrogen) atoms. The van der Waals surface area contributed by atoms with Crippen LogP contribution in [0.1, 0.15) is 12.8 Å². The van der Waals surface area contributed by atoms with Gasteiger partial charge in [0.2, 0.25) is 5.91 Å². The summed E-state index contributed by atoms with van der Waals surface area (Å²) in [4.78, 5) is 14.2. The van der Waals surface area contributed by atoms with Gasteiger partial charge < -0.3 is 10.6 Å². The summed E-state index contributed by atoms with van der Waals surface area (Å²) in [5.74, 6) is 0.357. The van der Waals surface area contributed by atoms with E-state index in [-0.39, 0.29) is 11.7 Å². The molecule has 1 aromatic carbocycles. The number of hydrogen-bond acceptors (Lipinski definition) is 3. The lowest BCUT2D eigenvalue weighted by Crippen LogP contribution is -2.41. The molecule has 2 aliphatic heterocycles. The van der Waals surface area contributed by atoms with E-state index in [0.717, 1.165) is 19.6 Å². The molecule has 0 radical (unpaired) electrons. The van der Waals surface area contributed by atoms with E-state index in [4.69, 9.17) is 0 Å². The fourth-order valence-electron chi connectivity index (χ4n) is 3.20. The van der Waals surface area contributed by atoms with E-state index in [1.165, 1.54) is 25.0 Å². The van der Waals surface area contributed by atoms with Gasteiger partial charge in [0.1, 0.15) is 5.82 Å². The van der Waals surface area contributed by atoms with E-state index in [0.29, 0.717) is 24.2 Å². The van der Waals surface area contributed by atoms with Crippen LogP contribution in [0.4, 0.5) is 10.1 Å². The van der Waals surface area contributed by atoms with Gasteiger partial charge in [0.25, 0.3) is 0 Å². The largest absolute Gasteiger partial charge is 0.325 e. The summed E-state index contributed by atoms with van der Waals surface area (Å²) >= 11 is 0. The van der Waals surface area contributed by atoms with Crippen molar-refractivity contribution < 1.29 is 9.18 Å². The van der Waals surface area contributed by atoms with Crippen molar-refractivity contribution in [3.05, 3.63) is 30.1 Å². The number of carbonyl (C=O) groups excluding carboxylic acids is 1. The van der Waals surface area contributed by atoms with E-state index in [1.54, 1.807) is 12.1 Å². The van der Waals surface area contributed by atoms with Crippen LogP contribution in [0.2, 0.25) is 0 Å². The zero-order valence-corrected chi connectivity index (χ0v) is 11.4. The molecule has 0 aromatic heterocycles. The highest BCUT2D eigenvalue weighted by Gasteiger charge is 2.34. The quantitative estimate of drug-likeness (QED) is 0.879. The van der Waals surface area contributed by atoms with Crippen molar-refractivity contribution in [1.82, 2.24) is 10.2 Å². The summed E-state index contributed by atoms with van der Waals surface area (Å²) in [6.07, 6.45) is 2.49. The highest BCUT2D eigenvalue weighted by atomic mass is 19.1. The van der Waals surface area contributed by atoms with Gasteiger partial charge in [0.05, 0.1) is 6.54 Å². The molecular weight excluding hydrogens is 257 g/mol. The lowest BCUT2D eigenvalue weighted by molar-refractivity contribution is -0.117. The van der Waals surface area contributed by atoms with Crippen molar-refractivity contribution in [1.29, 1.82) is 0 Å². The third-order valence-corrected chi connectivity index (χ3v) is 4.17. The minimum absolute atomic E-state index is 0.0322. The average Bonchev–Trinajstić information content (AvgIpc) is 2.83. The number of carbonyl (C=O) groups is 1. The molecule has 3 rings (SSSR count). The van der Waals surface area contributed by atoms with Gasteiger partial charge in [-0.15, -0.1) is 0 Å². The first-order valence-corrected chi connectivity index (χ1v) is 7.22. The molecule has 2 atom stereocenters. The lowest BCUT2D eigenvalue weighted by atomic mass is 9.94. The third-order valence-electron chi connectivity index (χ3n) is 4.17. The summed E-state index contributed by atoms with van der Waals surface area (Å²) in [5.41, 5.74) is 0.645. The fourth-order valence-corrected chi connectivity index (χ4v) is 3.20. The molecule has 0 spiro atoms. The Morgan fingerprint density at radius 1 is 1.35 bits per heavy atom. The molecule has 0 aliphatic carbocycles. The van der Waals surface area contributed by atoms with Crippen LogP contribution in [0.25, 0.3) is 0 Å². The first-order valence-electron chi connectivity index (χ1n) is 7.22. The number of hydrogen-bond donors (Lipinski definition) is 2. The topological polar surface area (TPSA) is 44.4 Å². The second-order valence-electron chi connectivity index (χ2n) is 5.71. The molecule has 5 heteroatoms. The summed E-state index contributed by atoms with van der Waals surface area (Å²) in [5, 5.41) is 6.33. The zero-order chi connectivity index (χ0) is 13.9. The Hall–Kier alpha value is -1.46. The van der Waals surface area contributed by atoms with Gasteiger partial charge in [0, 0.05) is 24.8 Å². The van der Waals surface area contributed by atoms with Crippen LogP contribution in [-0.4, -0.2) is 43.0 Å². The fraction of sp³-hybridized carbons (Fsp3) is 0.533. The van der Waals surface area contributed by atoms with Crippen molar-refractivity contribution in [2.45, 2.75) is 18.9 Å². The van der Waals surface area contributed by atoms with Gasteiger partial charge >= 0.3 is 0 Å². The number of nitrogens with zero attached hydrogens (tertiary/aromatic N) is 1. The molecule has 2 saturated heterocycles. The summed E-state index contributed by atoms with van der Waals surface area (Å²) in [7, 11) is 0. The predicted molar refractivity (Wildman–Crippen MR) is 76.0 cm³/mol. The van der Waals surface area contributed by atoms with Gasteiger partial charge in [0.15, 0.2) is 0 Å². The maximum absolute atomic E-state index is 12.8. The standard InChI is InChI=1S/C15H20FN3O/c16-12-3-5-13(6-4-12)18-15(20)10-19-8-11-2-1-7-17-14(11)9-19/h3-6,11,14,17H,1-2,7-10H2,(H,18,20)/t11-,14+/m0/s1. The number of amides is 1. The molecule has 0 unspecified atom stereocenters. The molecular formula is C15H20FN3O. The number of piperidine rings is 1. The van der Waals surface area contributed by atoms with Crippen LogP contribution < -0.4 is 10.6 Å². The van der Waals surface area contributed by atoms with Crippen LogP contribution in [0.3, 0.4) is 0 Å². The van der Waals surface area contributed by atoms with Gasteiger partial charge in [-0.2, -0.15) is 0 Å². The lowest BCUT2D eigenvalue weighted by Gasteiger charge is -2.24. The summed E-state index contributed by atoms with van der Waals surface area (Å²) < 4.78 is 12.8. The molecule has 1 aromatic rings. The van der Waals surface area contributed by atoms with Crippen molar-refractivity contribution in [2.24, 2.45) is 5.92 Å². The van der Waals surface area contributed by atoms with Crippen molar-refractivity contribution >= 4 is 11.6 Å². The molecule has 0 saturated carbocycles. The first-order chi connectivity index (χ1) is 9.70. The number of nitrogens with one attached hydrogen (secondary N) is 2. The number of halogens is 1. The summed E-state index contributed by atoms with van der Waals surface area (Å²) in [6, 6.07) is 6.41. The Kier molecular flexibility index (Phi) is 3.98. The summed E-state index contributed by atoms with van der Waals surface area (Å²) in [6.45, 7) is 3.44. The third kappa shape index (κ3) is 3.16. The number of anilines is 1. The maximum Gasteiger partial charge on any atom is 0.238 e. The minimum atomic E-state index is -0.294. The van der Waals surface area contributed by atoms with E-state index in [2.05, 4.69) is 15.5 Å². The van der Waals surface area contributed by atoms with Gasteiger partial charge in [-0.05, 0) is 49.6 Å². The molecule has 2 fully saturated rings. The van der Waals surface area contributed by atoms with Crippen molar-refractivity contribution in [3.8, 4) is 0 Å². The molecule has 2 heterocycles. The van der Waals surface area contributed by atoms with Gasteiger partial charge in [-0.25, -0.2) is 4.39 Å². The van der Waals surface area contributed by atoms with Gasteiger partial charge in [-0.3, -0.25) is 9.69 Å². The number of rotatable bonds is 3. The predicted octanol–water partition coefficient (Wildman–Crippen LogP) is 1.45. The van der Waals surface area contributed by atoms with Crippen LogP contribution in [0.15, 0.2) is 24.3 Å². The Bertz CT molecular complexity index is 463. The molecule has 0 bridgehead atoms. The zero-order valence-electron chi connectivity index (χ0n) is 11.4. The highest BCUT2D eigenvalue weighted by Crippen LogP contribution is 2.24. The Balaban J connectivity index is 1.50. The van der Waals surface area contributed by atoms with Gasteiger partial charge in [-0.1, -0.05) is 0 Å². The van der Waals surface area contributed by atoms with E-state index in [1.807, 2.05) is 0 Å². The molecule has 2 aliphatic rings. The first kappa shape index (κ1) is 13.5. The van der Waals surface area contributed by atoms with Crippen molar-refractivity contribution in [3.63, 3.8) is 0 Å². The average molecular weight is 277 g/mol. The number of fused-ring (bicyclic) bond motifs is 1. The number of likely N-dealkylation sites (tertiary alicyclic amines) is 1. The molecule has 108 valence electrons. The van der Waals surface area contributed by atoms with E-state index < -0.39 is 0 Å². The SMILES string of the molecule is O=C(CN1C[C@@H]2CCCN[C@@H]2C1)Nc1ccc(F)cc1. The molecule has 2 N–H and O–H groups in total. The normalized spacial score (nSPS) is 26.2. The van der Waals surface area contributed by atoms with Crippen LogP contribution >= 0.6 is 0 Å². The van der Waals surface area contributed by atoms with E-state index in [9.17, 15) is 9.18 Å². The second kappa shape index (κ2) is 5.89. The minimum Gasteiger partial charge on any atom is -0.325 e. The molecule has 4 nitrogen and oxygen atoms in total. The van der Waals surface area contributed by atoms with Crippen LogP contribution in [-0.2, 0) is 4.79 Å². The molecule has 1 amide bonds.